The molecule has 0 unspecified atom stereocenters. The molecule has 0 radical (unpaired) electrons. The zero-order valence-electron chi connectivity index (χ0n) is 17.4. The normalized spacial score (nSPS) is 56.8. The molecular weight excluding hydrogens is 288 g/mol. The van der Waals surface area contributed by atoms with E-state index in [0.29, 0.717) is 21.7 Å². The highest BCUT2D eigenvalue weighted by Gasteiger charge is 2.66. The molecule has 24 heavy (non-hydrogen) atoms. The highest BCUT2D eigenvalue weighted by molar-refractivity contribution is 5.15. The average Bonchev–Trinajstić information content (AvgIpc) is 2.47. The van der Waals surface area contributed by atoms with Crippen LogP contribution in [-0.4, -0.2) is 0 Å². The van der Waals surface area contributed by atoms with Gasteiger partial charge in [0.2, 0.25) is 0 Å². The molecule has 7 atom stereocenters. The lowest BCUT2D eigenvalue weighted by Gasteiger charge is -2.71. The molecular formula is C24H42. The first-order chi connectivity index (χ1) is 11.2. The summed E-state index contributed by atoms with van der Waals surface area (Å²) in [5.74, 6) is 3.92. The van der Waals surface area contributed by atoms with E-state index >= 15 is 0 Å². The first-order valence-corrected chi connectivity index (χ1v) is 11.2. The van der Waals surface area contributed by atoms with Gasteiger partial charge in [0.15, 0.2) is 0 Å². The molecule has 0 N–H and O–H groups in total. The van der Waals surface area contributed by atoms with Crippen molar-refractivity contribution in [3.05, 3.63) is 0 Å². The SMILES string of the molecule is C[C@H]1CCC[C@]2(C)[C@@H]1CC[C@@H]1[C@@]3(C)CCCC(C)(C)[C@@H]3CC[C@]12C. The van der Waals surface area contributed by atoms with Crippen LogP contribution in [0.3, 0.4) is 0 Å². The van der Waals surface area contributed by atoms with Crippen molar-refractivity contribution in [3.8, 4) is 0 Å². The quantitative estimate of drug-likeness (QED) is 0.432. The zero-order valence-corrected chi connectivity index (χ0v) is 17.4. The van der Waals surface area contributed by atoms with Gasteiger partial charge < -0.3 is 0 Å². The molecule has 0 aromatic rings. The van der Waals surface area contributed by atoms with Crippen LogP contribution in [0.15, 0.2) is 0 Å². The van der Waals surface area contributed by atoms with Crippen LogP contribution in [0.25, 0.3) is 0 Å². The van der Waals surface area contributed by atoms with Gasteiger partial charge in [-0.25, -0.2) is 0 Å². The lowest BCUT2D eigenvalue weighted by atomic mass is 9.34. The van der Waals surface area contributed by atoms with Crippen LogP contribution in [0.4, 0.5) is 0 Å². The minimum absolute atomic E-state index is 0.575. The van der Waals surface area contributed by atoms with Gasteiger partial charge in [-0.3, -0.25) is 0 Å². The van der Waals surface area contributed by atoms with E-state index in [1.165, 1.54) is 64.2 Å². The molecule has 0 spiro atoms. The molecule has 4 rings (SSSR count). The van der Waals surface area contributed by atoms with E-state index in [2.05, 4.69) is 41.5 Å². The predicted octanol–water partition coefficient (Wildman–Crippen LogP) is 7.47. The Morgan fingerprint density at radius 3 is 2.12 bits per heavy atom. The number of hydrogen-bond acceptors (Lipinski definition) is 0. The minimum Gasteiger partial charge on any atom is -0.0622 e. The molecule has 4 aliphatic carbocycles. The highest BCUT2D eigenvalue weighted by Crippen LogP contribution is 2.74. The van der Waals surface area contributed by atoms with Crippen LogP contribution in [0.2, 0.25) is 0 Å². The Labute approximate surface area is 151 Å². The second kappa shape index (κ2) is 5.26. The molecule has 0 amide bonds. The maximum Gasteiger partial charge on any atom is -0.0235 e. The van der Waals surface area contributed by atoms with Crippen molar-refractivity contribution in [2.75, 3.05) is 0 Å². The van der Waals surface area contributed by atoms with Crippen molar-refractivity contribution in [1.29, 1.82) is 0 Å². The van der Waals surface area contributed by atoms with Crippen molar-refractivity contribution >= 4 is 0 Å². The van der Waals surface area contributed by atoms with Gasteiger partial charge in [0.25, 0.3) is 0 Å². The van der Waals surface area contributed by atoms with E-state index in [9.17, 15) is 0 Å². The van der Waals surface area contributed by atoms with Gasteiger partial charge in [0.1, 0.15) is 0 Å². The molecule has 0 aliphatic heterocycles. The monoisotopic (exact) mass is 330 g/mol. The first kappa shape index (κ1) is 17.4. The molecule has 0 aromatic carbocycles. The van der Waals surface area contributed by atoms with Crippen molar-refractivity contribution in [2.45, 2.75) is 106 Å². The van der Waals surface area contributed by atoms with Crippen molar-refractivity contribution in [1.82, 2.24) is 0 Å². The summed E-state index contributed by atoms with van der Waals surface area (Å²) in [6, 6.07) is 0. The van der Waals surface area contributed by atoms with Gasteiger partial charge in [-0.1, -0.05) is 60.8 Å². The molecule has 0 heterocycles. The van der Waals surface area contributed by atoms with Gasteiger partial charge in [0.05, 0.1) is 0 Å². The van der Waals surface area contributed by atoms with Crippen molar-refractivity contribution in [3.63, 3.8) is 0 Å². The lowest BCUT2D eigenvalue weighted by molar-refractivity contribution is -0.221. The standard InChI is InChI=1S/C24H42/c1-17-9-7-15-23(5)18(17)10-11-20-22(4)14-8-13-21(2,3)19(22)12-16-24(20,23)6/h17-20H,7-16H2,1-6H3/t17-,18+,19-,20+,22-,23+,24+/m0/s1. The smallest absolute Gasteiger partial charge is 0.0235 e. The fraction of sp³-hybridized carbons (Fsp3) is 1.00. The van der Waals surface area contributed by atoms with Crippen LogP contribution in [-0.2, 0) is 0 Å². The Morgan fingerprint density at radius 2 is 1.38 bits per heavy atom. The summed E-state index contributed by atoms with van der Waals surface area (Å²) in [6.07, 6.45) is 15.0. The first-order valence-electron chi connectivity index (χ1n) is 11.2. The minimum atomic E-state index is 0.575. The third-order valence-electron chi connectivity index (χ3n) is 10.7. The Balaban J connectivity index is 1.75. The third kappa shape index (κ3) is 2.04. The van der Waals surface area contributed by atoms with E-state index < -0.39 is 0 Å². The van der Waals surface area contributed by atoms with Crippen LogP contribution in [0, 0.1) is 45.3 Å². The van der Waals surface area contributed by atoms with Crippen LogP contribution >= 0.6 is 0 Å². The summed E-state index contributed by atoms with van der Waals surface area (Å²) in [5, 5.41) is 0. The van der Waals surface area contributed by atoms with Gasteiger partial charge in [-0.15, -0.1) is 0 Å². The zero-order chi connectivity index (χ0) is 17.4. The molecule has 0 bridgehead atoms. The van der Waals surface area contributed by atoms with Crippen LogP contribution in [0.5, 0.6) is 0 Å². The highest BCUT2D eigenvalue weighted by atomic mass is 14.7. The van der Waals surface area contributed by atoms with E-state index in [-0.39, 0.29) is 0 Å². The van der Waals surface area contributed by atoms with Gasteiger partial charge in [0, 0.05) is 0 Å². The Bertz CT molecular complexity index is 504. The van der Waals surface area contributed by atoms with Gasteiger partial charge in [-0.05, 0) is 90.3 Å². The fourth-order valence-electron chi connectivity index (χ4n) is 9.45. The van der Waals surface area contributed by atoms with Gasteiger partial charge in [-0.2, -0.15) is 0 Å². The summed E-state index contributed by atoms with van der Waals surface area (Å²) in [6.45, 7) is 16.0. The largest absolute Gasteiger partial charge is 0.0622 e. The predicted molar refractivity (Wildman–Crippen MR) is 104 cm³/mol. The van der Waals surface area contributed by atoms with Crippen molar-refractivity contribution < 1.29 is 0 Å². The van der Waals surface area contributed by atoms with E-state index in [4.69, 9.17) is 0 Å². The summed E-state index contributed by atoms with van der Waals surface area (Å²) in [7, 11) is 0. The molecule has 138 valence electrons. The van der Waals surface area contributed by atoms with E-state index in [1.807, 2.05) is 0 Å². The summed E-state index contributed by atoms with van der Waals surface area (Å²) >= 11 is 0. The van der Waals surface area contributed by atoms with Crippen molar-refractivity contribution in [2.24, 2.45) is 45.3 Å². The van der Waals surface area contributed by atoms with E-state index in [1.54, 1.807) is 0 Å². The Hall–Kier alpha value is 0. The maximum absolute atomic E-state index is 2.75. The van der Waals surface area contributed by atoms with Crippen LogP contribution < -0.4 is 0 Å². The summed E-state index contributed by atoms with van der Waals surface area (Å²) in [4.78, 5) is 0. The summed E-state index contributed by atoms with van der Waals surface area (Å²) < 4.78 is 0. The number of fused-ring (bicyclic) bond motifs is 5. The topological polar surface area (TPSA) is 0 Å². The fourth-order valence-corrected chi connectivity index (χ4v) is 9.45. The number of hydrogen-bond donors (Lipinski definition) is 0. The average molecular weight is 331 g/mol. The molecule has 0 nitrogen and oxygen atoms in total. The molecule has 4 saturated carbocycles. The molecule has 0 saturated heterocycles. The summed E-state index contributed by atoms with van der Waals surface area (Å²) in [5.41, 5.74) is 2.40. The third-order valence-corrected chi connectivity index (χ3v) is 10.7. The maximum atomic E-state index is 2.75. The Morgan fingerprint density at radius 1 is 0.625 bits per heavy atom. The molecule has 0 heteroatoms. The molecule has 4 aliphatic rings. The second-order valence-electron chi connectivity index (χ2n) is 11.9. The van der Waals surface area contributed by atoms with Gasteiger partial charge >= 0.3 is 0 Å². The lowest BCUT2D eigenvalue weighted by Crippen LogP contribution is -2.63. The van der Waals surface area contributed by atoms with E-state index in [0.717, 1.165) is 23.7 Å². The number of rotatable bonds is 0. The second-order valence-corrected chi connectivity index (χ2v) is 11.9. The molecule has 0 aromatic heterocycles. The van der Waals surface area contributed by atoms with Crippen LogP contribution in [0.1, 0.15) is 106 Å². The Kier molecular flexibility index (Phi) is 3.82. The molecule has 4 fully saturated rings.